The summed E-state index contributed by atoms with van der Waals surface area (Å²) in [5, 5.41) is 6.52. The molecule has 2 rings (SSSR count). The van der Waals surface area contributed by atoms with E-state index in [9.17, 15) is 4.39 Å². The van der Waals surface area contributed by atoms with Crippen LogP contribution in [0, 0.1) is 5.82 Å². The summed E-state index contributed by atoms with van der Waals surface area (Å²) in [6.45, 7) is 9.23. The smallest absolute Gasteiger partial charge is 0.191 e. The van der Waals surface area contributed by atoms with E-state index in [-0.39, 0.29) is 5.82 Å². The van der Waals surface area contributed by atoms with Gasteiger partial charge >= 0.3 is 0 Å². The van der Waals surface area contributed by atoms with Crippen LogP contribution >= 0.6 is 0 Å². The third kappa shape index (κ3) is 6.00. The number of hydrogen-bond acceptors (Lipinski definition) is 3. The molecule has 0 amide bonds. The fraction of sp³-hybridized carbons (Fsp3) is 0.611. The van der Waals surface area contributed by atoms with E-state index in [0.29, 0.717) is 24.9 Å². The van der Waals surface area contributed by atoms with E-state index in [1.807, 2.05) is 6.92 Å². The maximum atomic E-state index is 13.1. The van der Waals surface area contributed by atoms with Gasteiger partial charge in [-0.05, 0) is 45.0 Å². The number of halogens is 1. The third-order valence-electron chi connectivity index (χ3n) is 4.17. The first-order chi connectivity index (χ1) is 11.7. The van der Waals surface area contributed by atoms with Crippen molar-refractivity contribution in [3.05, 3.63) is 30.1 Å². The van der Waals surface area contributed by atoms with Crippen molar-refractivity contribution < 1.29 is 9.13 Å². The second kappa shape index (κ2) is 10.1. The molecule has 6 heteroatoms. The topological polar surface area (TPSA) is 48.9 Å². The number of benzene rings is 1. The molecule has 0 radical (unpaired) electrons. The van der Waals surface area contributed by atoms with E-state index in [0.717, 1.165) is 25.6 Å². The minimum Gasteiger partial charge on any atom is -0.492 e. The first-order valence-electron chi connectivity index (χ1n) is 8.87. The van der Waals surface area contributed by atoms with Crippen molar-refractivity contribution in [2.45, 2.75) is 32.7 Å². The van der Waals surface area contributed by atoms with Crippen molar-refractivity contribution in [3.8, 4) is 5.75 Å². The van der Waals surface area contributed by atoms with Crippen LogP contribution in [0.1, 0.15) is 26.7 Å². The van der Waals surface area contributed by atoms with Crippen LogP contribution in [0.5, 0.6) is 5.75 Å². The standard InChI is InChI=1S/C18H29FN4O/c1-3-20-18(22-14-16-8-6-11-23(16)4-2)21-10-12-24-17-9-5-7-15(19)13-17/h5,7,9,13,16H,3-4,6,8,10-12,14H2,1-2H3,(H2,20,21,22). The van der Waals surface area contributed by atoms with Crippen molar-refractivity contribution in [1.82, 2.24) is 15.5 Å². The molecule has 1 aromatic carbocycles. The Bertz CT molecular complexity index is 523. The summed E-state index contributed by atoms with van der Waals surface area (Å²) < 4.78 is 18.6. The molecular formula is C18H29FN4O. The summed E-state index contributed by atoms with van der Waals surface area (Å²) in [7, 11) is 0. The summed E-state index contributed by atoms with van der Waals surface area (Å²) in [5.74, 6) is 1.07. The quantitative estimate of drug-likeness (QED) is 0.434. The Labute approximate surface area is 144 Å². The van der Waals surface area contributed by atoms with Gasteiger partial charge in [0, 0.05) is 18.7 Å². The molecule has 24 heavy (non-hydrogen) atoms. The molecule has 0 aliphatic carbocycles. The van der Waals surface area contributed by atoms with E-state index >= 15 is 0 Å². The van der Waals surface area contributed by atoms with E-state index < -0.39 is 0 Å². The number of likely N-dealkylation sites (N-methyl/N-ethyl adjacent to an activating group) is 1. The Balaban J connectivity index is 1.75. The van der Waals surface area contributed by atoms with Gasteiger partial charge < -0.3 is 15.4 Å². The van der Waals surface area contributed by atoms with Crippen molar-refractivity contribution in [2.24, 2.45) is 4.99 Å². The maximum Gasteiger partial charge on any atom is 0.191 e. The lowest BCUT2D eigenvalue weighted by Crippen LogP contribution is -2.40. The second-order valence-corrected chi connectivity index (χ2v) is 5.88. The zero-order chi connectivity index (χ0) is 17.2. The second-order valence-electron chi connectivity index (χ2n) is 5.88. The summed E-state index contributed by atoms with van der Waals surface area (Å²) in [5.41, 5.74) is 0. The van der Waals surface area contributed by atoms with Crippen LogP contribution in [-0.2, 0) is 0 Å². The number of guanidine groups is 1. The zero-order valence-corrected chi connectivity index (χ0v) is 14.7. The number of ether oxygens (including phenoxy) is 1. The van der Waals surface area contributed by atoms with Gasteiger partial charge in [0.15, 0.2) is 5.96 Å². The number of aliphatic imine (C=N–C) groups is 1. The molecule has 0 saturated carbocycles. The highest BCUT2D eigenvalue weighted by molar-refractivity contribution is 5.79. The van der Waals surface area contributed by atoms with Crippen LogP contribution in [0.4, 0.5) is 4.39 Å². The fourth-order valence-electron chi connectivity index (χ4n) is 2.95. The molecule has 0 bridgehead atoms. The molecule has 134 valence electrons. The van der Waals surface area contributed by atoms with Crippen molar-refractivity contribution in [2.75, 3.05) is 39.3 Å². The average Bonchev–Trinajstić information content (AvgIpc) is 3.04. The molecule has 0 spiro atoms. The normalized spacial score (nSPS) is 18.6. The molecule has 2 N–H and O–H groups in total. The molecule has 1 fully saturated rings. The van der Waals surface area contributed by atoms with Gasteiger partial charge in [-0.1, -0.05) is 13.0 Å². The van der Waals surface area contributed by atoms with Gasteiger partial charge in [-0.25, -0.2) is 4.39 Å². The minimum absolute atomic E-state index is 0.285. The van der Waals surface area contributed by atoms with Gasteiger partial charge in [0.1, 0.15) is 18.2 Å². The van der Waals surface area contributed by atoms with Gasteiger partial charge in [0.2, 0.25) is 0 Å². The van der Waals surface area contributed by atoms with Gasteiger partial charge in [-0.15, -0.1) is 0 Å². The van der Waals surface area contributed by atoms with E-state index in [2.05, 4.69) is 27.4 Å². The highest BCUT2D eigenvalue weighted by Gasteiger charge is 2.22. The van der Waals surface area contributed by atoms with E-state index in [4.69, 9.17) is 4.74 Å². The predicted molar refractivity (Wildman–Crippen MR) is 96.1 cm³/mol. The number of nitrogens with zero attached hydrogens (tertiary/aromatic N) is 2. The predicted octanol–water partition coefficient (Wildman–Crippen LogP) is 2.24. The monoisotopic (exact) mass is 336 g/mol. The van der Waals surface area contributed by atoms with E-state index in [1.54, 1.807) is 12.1 Å². The van der Waals surface area contributed by atoms with E-state index in [1.165, 1.54) is 31.5 Å². The first kappa shape index (κ1) is 18.5. The highest BCUT2D eigenvalue weighted by Crippen LogP contribution is 2.16. The van der Waals surface area contributed by atoms with Crippen molar-refractivity contribution in [1.29, 1.82) is 0 Å². The Morgan fingerprint density at radius 1 is 1.38 bits per heavy atom. The number of rotatable bonds is 8. The van der Waals surface area contributed by atoms with Gasteiger partial charge in [0.05, 0.1) is 13.1 Å². The average molecular weight is 336 g/mol. The van der Waals surface area contributed by atoms with Crippen LogP contribution in [0.2, 0.25) is 0 Å². The summed E-state index contributed by atoms with van der Waals surface area (Å²) in [6, 6.07) is 6.74. The van der Waals surface area contributed by atoms with Crippen LogP contribution < -0.4 is 15.4 Å². The number of hydrogen-bond donors (Lipinski definition) is 2. The maximum absolute atomic E-state index is 13.1. The Hall–Kier alpha value is -1.82. The van der Waals surface area contributed by atoms with Crippen LogP contribution in [-0.4, -0.2) is 56.2 Å². The van der Waals surface area contributed by atoms with Crippen molar-refractivity contribution >= 4 is 5.96 Å². The third-order valence-corrected chi connectivity index (χ3v) is 4.17. The van der Waals surface area contributed by atoms with Gasteiger partial charge in [0.25, 0.3) is 0 Å². The SMILES string of the molecule is CCNC(=NCC1CCCN1CC)NCCOc1cccc(F)c1. The molecule has 1 saturated heterocycles. The lowest BCUT2D eigenvalue weighted by Gasteiger charge is -2.21. The van der Waals surface area contributed by atoms with Crippen molar-refractivity contribution in [3.63, 3.8) is 0 Å². The molecule has 1 aliphatic rings. The lowest BCUT2D eigenvalue weighted by atomic mass is 10.2. The molecular weight excluding hydrogens is 307 g/mol. The fourth-order valence-corrected chi connectivity index (χ4v) is 2.95. The molecule has 1 atom stereocenters. The summed E-state index contributed by atoms with van der Waals surface area (Å²) in [6.07, 6.45) is 2.49. The van der Waals surface area contributed by atoms with Crippen LogP contribution in [0.15, 0.2) is 29.3 Å². The lowest BCUT2D eigenvalue weighted by molar-refractivity contribution is 0.273. The molecule has 0 aromatic heterocycles. The summed E-state index contributed by atoms with van der Waals surface area (Å²) >= 11 is 0. The zero-order valence-electron chi connectivity index (χ0n) is 14.7. The summed E-state index contributed by atoms with van der Waals surface area (Å²) in [4.78, 5) is 7.18. The number of likely N-dealkylation sites (tertiary alicyclic amines) is 1. The Kier molecular flexibility index (Phi) is 7.82. The number of nitrogens with one attached hydrogen (secondary N) is 2. The molecule has 1 unspecified atom stereocenters. The molecule has 5 nitrogen and oxygen atoms in total. The van der Waals surface area contributed by atoms with Crippen LogP contribution in [0.3, 0.4) is 0 Å². The molecule has 1 aromatic rings. The van der Waals surface area contributed by atoms with Crippen LogP contribution in [0.25, 0.3) is 0 Å². The Morgan fingerprint density at radius 2 is 2.25 bits per heavy atom. The van der Waals surface area contributed by atoms with Gasteiger partial charge in [-0.3, -0.25) is 9.89 Å². The minimum atomic E-state index is -0.285. The molecule has 1 heterocycles. The highest BCUT2D eigenvalue weighted by atomic mass is 19.1. The Morgan fingerprint density at radius 3 is 3.00 bits per heavy atom. The first-order valence-corrected chi connectivity index (χ1v) is 8.87. The largest absolute Gasteiger partial charge is 0.492 e. The van der Waals surface area contributed by atoms with Gasteiger partial charge in [-0.2, -0.15) is 0 Å². The molecule has 1 aliphatic heterocycles.